The van der Waals surface area contributed by atoms with E-state index in [9.17, 15) is 4.79 Å². The molecule has 2 fully saturated rings. The van der Waals surface area contributed by atoms with Gasteiger partial charge in [0.2, 0.25) is 0 Å². The van der Waals surface area contributed by atoms with E-state index >= 15 is 0 Å². The van der Waals surface area contributed by atoms with Crippen LogP contribution >= 0.6 is 0 Å². The molecule has 1 aromatic heterocycles. The van der Waals surface area contributed by atoms with Crippen molar-refractivity contribution in [1.29, 1.82) is 0 Å². The number of aromatic nitrogens is 1. The van der Waals surface area contributed by atoms with Gasteiger partial charge in [0.25, 0.3) is 0 Å². The van der Waals surface area contributed by atoms with Gasteiger partial charge in [0, 0.05) is 44.3 Å². The first kappa shape index (κ1) is 17.8. The zero-order chi connectivity index (χ0) is 18.0. The van der Waals surface area contributed by atoms with Crippen LogP contribution in [0.5, 0.6) is 0 Å². The molecular weight excluding hydrogens is 320 g/mol. The summed E-state index contributed by atoms with van der Waals surface area (Å²) in [7, 11) is 0. The molecule has 2 N–H and O–H groups in total. The van der Waals surface area contributed by atoms with Gasteiger partial charge >= 0.3 is 6.09 Å². The second-order valence-electron chi connectivity index (χ2n) is 7.66. The Kier molecular flexibility index (Phi) is 5.03. The Balaban J connectivity index is 1.68. The highest BCUT2D eigenvalue weighted by molar-refractivity contribution is 5.68. The lowest BCUT2D eigenvalue weighted by atomic mass is 9.98. The highest BCUT2D eigenvalue weighted by Gasteiger charge is 2.29. The van der Waals surface area contributed by atoms with Gasteiger partial charge in [-0.3, -0.25) is 0 Å². The first-order chi connectivity index (χ1) is 11.8. The van der Waals surface area contributed by atoms with E-state index < -0.39 is 5.60 Å². The summed E-state index contributed by atoms with van der Waals surface area (Å²) >= 11 is 0. The summed E-state index contributed by atoms with van der Waals surface area (Å²) in [6.45, 7) is 9.84. The molecule has 25 heavy (non-hydrogen) atoms. The molecule has 1 aromatic rings. The number of carbonyl (C=O) groups is 1. The first-order valence-electron chi connectivity index (χ1n) is 8.90. The van der Waals surface area contributed by atoms with Gasteiger partial charge in [0.05, 0.1) is 6.61 Å². The van der Waals surface area contributed by atoms with Crippen LogP contribution in [0.15, 0.2) is 12.1 Å². The van der Waals surface area contributed by atoms with Crippen LogP contribution in [-0.2, 0) is 9.47 Å². The highest BCUT2D eigenvalue weighted by atomic mass is 16.6. The van der Waals surface area contributed by atoms with Gasteiger partial charge in [-0.25, -0.2) is 9.78 Å². The number of amides is 1. The van der Waals surface area contributed by atoms with Crippen molar-refractivity contribution in [2.24, 2.45) is 0 Å². The number of rotatable bonds is 2. The molecule has 0 aliphatic carbocycles. The molecule has 1 atom stereocenters. The van der Waals surface area contributed by atoms with Crippen molar-refractivity contribution in [3.63, 3.8) is 0 Å². The molecule has 2 aliphatic rings. The van der Waals surface area contributed by atoms with E-state index in [0.717, 1.165) is 38.5 Å². The molecule has 1 unspecified atom stereocenters. The molecule has 3 heterocycles. The standard InChI is InChI=1S/C18H28N4O3/c1-18(2,3)25-17(23)22-9-7-21(8-10-22)16-14(4-5-15(19)20-16)13-6-11-24-12-13/h4-5,13H,6-12H2,1-3H3,(H2,19,20). The van der Waals surface area contributed by atoms with Crippen molar-refractivity contribution >= 4 is 17.7 Å². The largest absolute Gasteiger partial charge is 0.444 e. The molecule has 2 aliphatic heterocycles. The number of nitrogen functional groups attached to an aromatic ring is 1. The predicted molar refractivity (Wildman–Crippen MR) is 96.8 cm³/mol. The average molecular weight is 348 g/mol. The van der Waals surface area contributed by atoms with E-state index in [1.54, 1.807) is 4.90 Å². The van der Waals surface area contributed by atoms with Gasteiger partial charge in [-0.1, -0.05) is 6.07 Å². The molecular formula is C18H28N4O3. The molecule has 138 valence electrons. The lowest BCUT2D eigenvalue weighted by molar-refractivity contribution is 0.0240. The number of piperazine rings is 1. The summed E-state index contributed by atoms with van der Waals surface area (Å²) in [5.41, 5.74) is 6.64. The minimum absolute atomic E-state index is 0.253. The zero-order valence-electron chi connectivity index (χ0n) is 15.3. The van der Waals surface area contributed by atoms with Gasteiger partial charge in [0.1, 0.15) is 17.2 Å². The van der Waals surface area contributed by atoms with Crippen LogP contribution in [0.25, 0.3) is 0 Å². The van der Waals surface area contributed by atoms with Gasteiger partial charge < -0.3 is 25.0 Å². The quantitative estimate of drug-likeness (QED) is 0.883. The fraction of sp³-hybridized carbons (Fsp3) is 0.667. The summed E-state index contributed by atoms with van der Waals surface area (Å²) in [6, 6.07) is 3.92. The third-order valence-electron chi connectivity index (χ3n) is 4.53. The number of pyridine rings is 1. The van der Waals surface area contributed by atoms with E-state index in [2.05, 4.69) is 16.0 Å². The van der Waals surface area contributed by atoms with E-state index in [0.29, 0.717) is 24.8 Å². The van der Waals surface area contributed by atoms with Crippen LogP contribution in [0.2, 0.25) is 0 Å². The minimum Gasteiger partial charge on any atom is -0.444 e. The maximum absolute atomic E-state index is 12.2. The number of hydrogen-bond acceptors (Lipinski definition) is 6. The van der Waals surface area contributed by atoms with Gasteiger partial charge in [-0.15, -0.1) is 0 Å². The molecule has 3 rings (SSSR count). The van der Waals surface area contributed by atoms with Crippen molar-refractivity contribution in [2.75, 3.05) is 50.0 Å². The van der Waals surface area contributed by atoms with Crippen LogP contribution in [-0.4, -0.2) is 61.0 Å². The molecule has 1 amide bonds. The van der Waals surface area contributed by atoms with Crippen molar-refractivity contribution in [1.82, 2.24) is 9.88 Å². The van der Waals surface area contributed by atoms with Crippen molar-refractivity contribution in [3.05, 3.63) is 17.7 Å². The van der Waals surface area contributed by atoms with Crippen molar-refractivity contribution in [3.8, 4) is 0 Å². The Morgan fingerprint density at radius 3 is 2.60 bits per heavy atom. The fourth-order valence-electron chi connectivity index (χ4n) is 3.25. The van der Waals surface area contributed by atoms with Crippen molar-refractivity contribution in [2.45, 2.75) is 38.7 Å². The maximum Gasteiger partial charge on any atom is 0.410 e. The number of nitrogens with zero attached hydrogens (tertiary/aromatic N) is 3. The van der Waals surface area contributed by atoms with E-state index in [1.165, 1.54) is 5.56 Å². The first-order valence-corrected chi connectivity index (χ1v) is 8.90. The normalized spacial score (nSPS) is 21.5. The molecule has 7 heteroatoms. The van der Waals surface area contributed by atoms with Gasteiger partial charge in [-0.2, -0.15) is 0 Å². The Labute approximate surface area is 149 Å². The average Bonchev–Trinajstić information content (AvgIpc) is 3.07. The monoisotopic (exact) mass is 348 g/mol. The Morgan fingerprint density at radius 1 is 1.28 bits per heavy atom. The molecule has 0 bridgehead atoms. The third kappa shape index (κ3) is 4.34. The topological polar surface area (TPSA) is 80.9 Å². The highest BCUT2D eigenvalue weighted by Crippen LogP contribution is 2.33. The van der Waals surface area contributed by atoms with E-state index in [1.807, 2.05) is 26.8 Å². The molecule has 0 saturated carbocycles. The van der Waals surface area contributed by atoms with E-state index in [-0.39, 0.29) is 6.09 Å². The Bertz CT molecular complexity index is 615. The third-order valence-corrected chi connectivity index (χ3v) is 4.53. The molecule has 7 nitrogen and oxygen atoms in total. The van der Waals surface area contributed by atoms with Crippen LogP contribution in [0.4, 0.5) is 16.4 Å². The summed E-state index contributed by atoms with van der Waals surface area (Å²) in [6.07, 6.45) is 0.758. The second-order valence-corrected chi connectivity index (χ2v) is 7.66. The molecule has 0 spiro atoms. The number of anilines is 2. The smallest absolute Gasteiger partial charge is 0.410 e. The van der Waals surface area contributed by atoms with Gasteiger partial charge in [0.15, 0.2) is 0 Å². The molecule has 0 radical (unpaired) electrons. The molecule has 2 saturated heterocycles. The Hall–Kier alpha value is -2.02. The van der Waals surface area contributed by atoms with Crippen LogP contribution in [0.1, 0.15) is 38.7 Å². The summed E-state index contributed by atoms with van der Waals surface area (Å²) in [4.78, 5) is 20.8. The van der Waals surface area contributed by atoms with Crippen molar-refractivity contribution < 1.29 is 14.3 Å². The van der Waals surface area contributed by atoms with E-state index in [4.69, 9.17) is 15.2 Å². The summed E-state index contributed by atoms with van der Waals surface area (Å²) in [5, 5.41) is 0. The zero-order valence-corrected chi connectivity index (χ0v) is 15.3. The SMILES string of the molecule is CC(C)(C)OC(=O)N1CCN(c2nc(N)ccc2C2CCOC2)CC1. The molecule has 0 aromatic carbocycles. The predicted octanol–water partition coefficient (Wildman–Crippen LogP) is 2.22. The lowest BCUT2D eigenvalue weighted by Gasteiger charge is -2.37. The minimum atomic E-state index is -0.473. The summed E-state index contributed by atoms with van der Waals surface area (Å²) in [5.74, 6) is 1.82. The second kappa shape index (κ2) is 7.07. The number of carbonyl (C=O) groups excluding carboxylic acids is 1. The summed E-state index contributed by atoms with van der Waals surface area (Å²) < 4.78 is 11.0. The number of hydrogen-bond donors (Lipinski definition) is 1. The lowest BCUT2D eigenvalue weighted by Crippen LogP contribution is -2.50. The van der Waals surface area contributed by atoms with Crippen LogP contribution < -0.4 is 10.6 Å². The number of ether oxygens (including phenoxy) is 2. The van der Waals surface area contributed by atoms with Crippen LogP contribution in [0.3, 0.4) is 0 Å². The Morgan fingerprint density at radius 2 is 2.00 bits per heavy atom. The maximum atomic E-state index is 12.2. The van der Waals surface area contributed by atoms with Crippen LogP contribution in [0, 0.1) is 0 Å². The fourth-order valence-corrected chi connectivity index (χ4v) is 3.25. The number of nitrogens with two attached hydrogens (primary N) is 1. The van der Waals surface area contributed by atoms with Gasteiger partial charge in [-0.05, 0) is 33.3 Å².